The standard InChI is InChI=1S/C21H19N3O4/c1-12-9-17(21(26)27-4)18-10-16(11-24(18)22-12)14-5-7-15(8-6-14)19-13(2)28-23(3)20(19)25/h5-11H,1-4H3. The number of carbonyl (C=O) groups excluding carboxylic acids is 1. The van der Waals surface area contributed by atoms with Crippen LogP contribution in [0.5, 0.6) is 0 Å². The Bertz CT molecular complexity index is 1260. The van der Waals surface area contributed by atoms with Crippen LogP contribution < -0.4 is 5.56 Å². The van der Waals surface area contributed by atoms with Gasteiger partial charge in [0.2, 0.25) is 0 Å². The smallest absolute Gasteiger partial charge is 0.340 e. The van der Waals surface area contributed by atoms with Gasteiger partial charge in [-0.1, -0.05) is 24.3 Å². The van der Waals surface area contributed by atoms with E-state index in [1.54, 1.807) is 24.6 Å². The Morgan fingerprint density at radius 2 is 1.75 bits per heavy atom. The molecule has 7 heteroatoms. The molecule has 0 bridgehead atoms. The minimum absolute atomic E-state index is 0.165. The van der Waals surface area contributed by atoms with Gasteiger partial charge >= 0.3 is 5.97 Å². The molecule has 0 unspecified atom stereocenters. The molecule has 4 rings (SSSR count). The Morgan fingerprint density at radius 3 is 2.36 bits per heavy atom. The van der Waals surface area contributed by atoms with E-state index in [9.17, 15) is 9.59 Å². The molecule has 0 fully saturated rings. The van der Waals surface area contributed by atoms with Crippen molar-refractivity contribution in [2.75, 3.05) is 7.11 Å². The average Bonchev–Trinajstić information content (AvgIpc) is 3.21. The second kappa shape index (κ2) is 6.53. The first-order chi connectivity index (χ1) is 13.4. The predicted molar refractivity (Wildman–Crippen MR) is 104 cm³/mol. The van der Waals surface area contributed by atoms with Crippen LogP contribution in [-0.4, -0.2) is 27.4 Å². The normalized spacial score (nSPS) is 11.1. The largest absolute Gasteiger partial charge is 0.465 e. The number of hydrogen-bond acceptors (Lipinski definition) is 5. The van der Waals surface area contributed by atoms with Crippen molar-refractivity contribution in [3.05, 3.63) is 70.0 Å². The molecule has 0 spiro atoms. The minimum atomic E-state index is -0.401. The average molecular weight is 377 g/mol. The summed E-state index contributed by atoms with van der Waals surface area (Å²) in [5, 5.41) is 4.44. The highest BCUT2D eigenvalue weighted by Gasteiger charge is 2.16. The van der Waals surface area contributed by atoms with Crippen molar-refractivity contribution in [1.29, 1.82) is 0 Å². The van der Waals surface area contributed by atoms with Gasteiger partial charge in [-0.15, -0.1) is 0 Å². The molecular weight excluding hydrogens is 358 g/mol. The number of methoxy groups -OCH3 is 1. The lowest BCUT2D eigenvalue weighted by Crippen LogP contribution is -2.11. The number of aryl methyl sites for hydroxylation is 3. The van der Waals surface area contributed by atoms with E-state index in [0.29, 0.717) is 22.4 Å². The molecule has 0 amide bonds. The van der Waals surface area contributed by atoms with E-state index in [1.165, 1.54) is 11.8 Å². The summed E-state index contributed by atoms with van der Waals surface area (Å²) in [6, 6.07) is 11.2. The van der Waals surface area contributed by atoms with Crippen molar-refractivity contribution in [2.24, 2.45) is 7.05 Å². The summed E-state index contributed by atoms with van der Waals surface area (Å²) in [5.74, 6) is 0.180. The van der Waals surface area contributed by atoms with E-state index in [2.05, 4.69) is 5.10 Å². The van der Waals surface area contributed by atoms with E-state index in [4.69, 9.17) is 9.26 Å². The van der Waals surface area contributed by atoms with Gasteiger partial charge < -0.3 is 9.26 Å². The first kappa shape index (κ1) is 17.8. The molecule has 0 aliphatic rings. The number of rotatable bonds is 3. The fourth-order valence-corrected chi connectivity index (χ4v) is 3.41. The number of ether oxygens (including phenoxy) is 1. The van der Waals surface area contributed by atoms with Crippen LogP contribution in [0.15, 0.2) is 51.9 Å². The molecule has 0 saturated carbocycles. The van der Waals surface area contributed by atoms with Crippen molar-refractivity contribution in [3.8, 4) is 22.3 Å². The molecular formula is C21H19N3O4. The molecule has 0 aliphatic carbocycles. The zero-order valence-corrected chi connectivity index (χ0v) is 16.0. The van der Waals surface area contributed by atoms with Crippen molar-refractivity contribution in [1.82, 2.24) is 14.4 Å². The Kier molecular flexibility index (Phi) is 4.15. The summed E-state index contributed by atoms with van der Waals surface area (Å²) < 4.78 is 13.1. The monoisotopic (exact) mass is 377 g/mol. The maximum absolute atomic E-state index is 12.2. The van der Waals surface area contributed by atoms with E-state index >= 15 is 0 Å². The van der Waals surface area contributed by atoms with Crippen molar-refractivity contribution < 1.29 is 14.1 Å². The molecule has 4 aromatic rings. The molecule has 1 aromatic carbocycles. The van der Waals surface area contributed by atoms with Crippen LogP contribution >= 0.6 is 0 Å². The molecule has 142 valence electrons. The third kappa shape index (κ3) is 2.81. The van der Waals surface area contributed by atoms with Gasteiger partial charge in [-0.2, -0.15) is 9.84 Å². The van der Waals surface area contributed by atoms with E-state index in [-0.39, 0.29) is 5.56 Å². The molecule has 0 aliphatic heterocycles. The third-order valence-electron chi connectivity index (χ3n) is 4.73. The van der Waals surface area contributed by atoms with Gasteiger partial charge in [0.15, 0.2) is 0 Å². The highest BCUT2D eigenvalue weighted by Crippen LogP contribution is 2.28. The number of carbonyl (C=O) groups is 1. The Balaban J connectivity index is 1.79. The Labute approximate surface area is 160 Å². The van der Waals surface area contributed by atoms with Gasteiger partial charge in [0.1, 0.15) is 5.76 Å². The van der Waals surface area contributed by atoms with E-state index in [0.717, 1.165) is 22.4 Å². The first-order valence-electron chi connectivity index (χ1n) is 8.75. The van der Waals surface area contributed by atoms with Gasteiger partial charge in [-0.3, -0.25) is 4.79 Å². The third-order valence-corrected chi connectivity index (χ3v) is 4.73. The maximum atomic E-state index is 12.2. The Morgan fingerprint density at radius 1 is 1.07 bits per heavy atom. The van der Waals surface area contributed by atoms with Crippen LogP contribution in [0.4, 0.5) is 0 Å². The van der Waals surface area contributed by atoms with Crippen LogP contribution in [0, 0.1) is 13.8 Å². The van der Waals surface area contributed by atoms with Crippen LogP contribution in [0.2, 0.25) is 0 Å². The van der Waals surface area contributed by atoms with E-state index in [1.807, 2.05) is 43.5 Å². The quantitative estimate of drug-likeness (QED) is 0.512. The van der Waals surface area contributed by atoms with Gasteiger partial charge in [0.05, 0.1) is 29.4 Å². The molecule has 3 heterocycles. The van der Waals surface area contributed by atoms with Crippen LogP contribution in [-0.2, 0) is 11.8 Å². The summed E-state index contributed by atoms with van der Waals surface area (Å²) >= 11 is 0. The number of hydrogen-bond donors (Lipinski definition) is 0. The summed E-state index contributed by atoms with van der Waals surface area (Å²) in [6.07, 6.45) is 1.87. The lowest BCUT2D eigenvalue weighted by molar-refractivity contribution is 0.0602. The highest BCUT2D eigenvalue weighted by atomic mass is 16.5. The number of aromatic nitrogens is 3. The fourth-order valence-electron chi connectivity index (χ4n) is 3.41. The molecule has 0 N–H and O–H groups in total. The lowest BCUT2D eigenvalue weighted by atomic mass is 10.0. The van der Waals surface area contributed by atoms with Crippen molar-refractivity contribution in [2.45, 2.75) is 13.8 Å². The Hall–Kier alpha value is -3.61. The first-order valence-corrected chi connectivity index (χ1v) is 8.75. The maximum Gasteiger partial charge on any atom is 0.340 e. The summed E-state index contributed by atoms with van der Waals surface area (Å²) in [5.41, 5.74) is 4.91. The van der Waals surface area contributed by atoms with Crippen LogP contribution in [0.25, 0.3) is 27.8 Å². The number of nitrogens with zero attached hydrogens (tertiary/aromatic N) is 3. The number of fused-ring (bicyclic) bond motifs is 1. The van der Waals surface area contributed by atoms with Gasteiger partial charge in [-0.05, 0) is 37.1 Å². The second-order valence-corrected chi connectivity index (χ2v) is 6.65. The topological polar surface area (TPSA) is 78.7 Å². The van der Waals surface area contributed by atoms with Crippen LogP contribution in [0.3, 0.4) is 0 Å². The summed E-state index contributed by atoms with van der Waals surface area (Å²) in [7, 11) is 2.95. The van der Waals surface area contributed by atoms with Crippen LogP contribution in [0.1, 0.15) is 21.8 Å². The zero-order valence-electron chi connectivity index (χ0n) is 16.0. The van der Waals surface area contributed by atoms with E-state index < -0.39 is 5.97 Å². The zero-order chi connectivity index (χ0) is 20.0. The molecule has 7 nitrogen and oxygen atoms in total. The minimum Gasteiger partial charge on any atom is -0.465 e. The van der Waals surface area contributed by atoms with Gasteiger partial charge in [-0.25, -0.2) is 9.31 Å². The van der Waals surface area contributed by atoms with Crippen molar-refractivity contribution in [3.63, 3.8) is 0 Å². The van der Waals surface area contributed by atoms with Gasteiger partial charge in [0.25, 0.3) is 5.56 Å². The molecule has 0 atom stereocenters. The summed E-state index contributed by atoms with van der Waals surface area (Å²) in [6.45, 7) is 3.60. The molecule has 28 heavy (non-hydrogen) atoms. The number of esters is 1. The number of benzene rings is 1. The highest BCUT2D eigenvalue weighted by molar-refractivity contribution is 5.98. The predicted octanol–water partition coefficient (Wildman–Crippen LogP) is 3.36. The van der Waals surface area contributed by atoms with Gasteiger partial charge in [0, 0.05) is 18.8 Å². The SMILES string of the molecule is COC(=O)c1cc(C)nn2cc(-c3ccc(-c4c(C)on(C)c4=O)cc3)cc12. The second-order valence-electron chi connectivity index (χ2n) is 6.65. The molecule has 0 radical (unpaired) electrons. The lowest BCUT2D eigenvalue weighted by Gasteiger charge is -2.03. The fraction of sp³-hybridized carbons (Fsp3) is 0.190. The summed E-state index contributed by atoms with van der Waals surface area (Å²) in [4.78, 5) is 24.3. The van der Waals surface area contributed by atoms with Crippen molar-refractivity contribution >= 4 is 11.5 Å². The molecule has 3 aromatic heterocycles. The molecule has 0 saturated heterocycles.